The molecule has 5 heteroatoms. The van der Waals surface area contributed by atoms with Crippen LogP contribution in [0.25, 0.3) is 0 Å². The summed E-state index contributed by atoms with van der Waals surface area (Å²) >= 11 is 0. The minimum Gasteiger partial charge on any atom is -0.460 e. The maximum atomic E-state index is 11.3. The summed E-state index contributed by atoms with van der Waals surface area (Å²) in [4.78, 5) is 22.3. The van der Waals surface area contributed by atoms with Crippen LogP contribution < -0.4 is 0 Å². The molecule has 1 aliphatic rings. The molecular weight excluding hydrogens is 200 g/mol. The molecule has 1 saturated heterocycles. The van der Waals surface area contributed by atoms with Gasteiger partial charge in [-0.15, -0.1) is 0 Å². The van der Waals surface area contributed by atoms with Crippen LogP contribution in [0, 0.1) is 0 Å². The zero-order valence-electron chi connectivity index (χ0n) is 9.24. The fourth-order valence-electron chi connectivity index (χ4n) is 1.37. The van der Waals surface area contributed by atoms with Crippen molar-refractivity contribution in [3.63, 3.8) is 0 Å². The van der Waals surface area contributed by atoms with E-state index in [1.54, 1.807) is 20.8 Å². The van der Waals surface area contributed by atoms with E-state index in [0.717, 1.165) is 0 Å². The molecule has 0 unspecified atom stereocenters. The first-order valence-corrected chi connectivity index (χ1v) is 4.96. The van der Waals surface area contributed by atoms with Gasteiger partial charge in [-0.3, -0.25) is 4.79 Å². The number of hydrogen-bond acceptors (Lipinski definition) is 5. The second-order valence-electron chi connectivity index (χ2n) is 3.80. The Morgan fingerprint density at radius 2 is 2.13 bits per heavy atom. The van der Waals surface area contributed by atoms with Crippen molar-refractivity contribution in [1.29, 1.82) is 0 Å². The van der Waals surface area contributed by atoms with Crippen LogP contribution in [0.4, 0.5) is 0 Å². The SMILES string of the molecule is CCOC(=O)C(=O)C[C@H]1COC(C)(C)O1. The van der Waals surface area contributed by atoms with Gasteiger partial charge in [0.25, 0.3) is 0 Å². The lowest BCUT2D eigenvalue weighted by Gasteiger charge is -2.16. The standard InChI is InChI=1S/C10H16O5/c1-4-13-9(12)8(11)5-7-6-14-10(2,3)15-7/h7H,4-6H2,1-3H3/t7-/m0/s1. The predicted octanol–water partition coefficient (Wildman–Crippen LogP) is 0.660. The van der Waals surface area contributed by atoms with Gasteiger partial charge in [-0.05, 0) is 20.8 Å². The average molecular weight is 216 g/mol. The highest BCUT2D eigenvalue weighted by Gasteiger charge is 2.35. The quantitative estimate of drug-likeness (QED) is 0.510. The van der Waals surface area contributed by atoms with E-state index in [2.05, 4.69) is 4.74 Å². The summed E-state index contributed by atoms with van der Waals surface area (Å²) in [6.07, 6.45) is -0.334. The summed E-state index contributed by atoms with van der Waals surface area (Å²) in [5.74, 6) is -2.03. The Bertz CT molecular complexity index is 259. The van der Waals surface area contributed by atoms with Gasteiger partial charge in [-0.2, -0.15) is 0 Å². The molecule has 0 spiro atoms. The third-order valence-electron chi connectivity index (χ3n) is 1.98. The highest BCUT2D eigenvalue weighted by molar-refractivity contribution is 6.33. The molecule has 1 rings (SSSR count). The minimum atomic E-state index is -0.800. The molecule has 15 heavy (non-hydrogen) atoms. The Kier molecular flexibility index (Phi) is 3.82. The van der Waals surface area contributed by atoms with Crippen LogP contribution in [0.1, 0.15) is 27.2 Å². The van der Waals surface area contributed by atoms with E-state index in [4.69, 9.17) is 9.47 Å². The third-order valence-corrected chi connectivity index (χ3v) is 1.98. The third kappa shape index (κ3) is 3.60. The van der Waals surface area contributed by atoms with E-state index in [1.165, 1.54) is 0 Å². The second kappa shape index (κ2) is 4.72. The van der Waals surface area contributed by atoms with Crippen LogP contribution in [0.15, 0.2) is 0 Å². The monoisotopic (exact) mass is 216 g/mol. The molecule has 0 aromatic heterocycles. The van der Waals surface area contributed by atoms with Crippen LogP contribution in [0.5, 0.6) is 0 Å². The molecule has 1 heterocycles. The summed E-state index contributed by atoms with van der Waals surface area (Å²) in [6.45, 7) is 5.73. The van der Waals surface area contributed by atoms with Crippen molar-refractivity contribution in [1.82, 2.24) is 0 Å². The number of ketones is 1. The number of carbonyl (C=O) groups excluding carboxylic acids is 2. The average Bonchev–Trinajstić information content (AvgIpc) is 2.46. The van der Waals surface area contributed by atoms with Crippen molar-refractivity contribution in [2.45, 2.75) is 39.1 Å². The first-order valence-electron chi connectivity index (χ1n) is 4.96. The first kappa shape index (κ1) is 12.1. The molecule has 1 atom stereocenters. The zero-order chi connectivity index (χ0) is 11.5. The maximum absolute atomic E-state index is 11.3. The van der Waals surface area contributed by atoms with Crippen molar-refractivity contribution in [2.24, 2.45) is 0 Å². The van der Waals surface area contributed by atoms with Gasteiger partial charge in [-0.25, -0.2) is 4.79 Å². The summed E-state index contributed by atoms with van der Waals surface area (Å²) in [5.41, 5.74) is 0. The lowest BCUT2D eigenvalue weighted by molar-refractivity contribution is -0.157. The van der Waals surface area contributed by atoms with Crippen LogP contribution in [-0.2, 0) is 23.8 Å². The van der Waals surface area contributed by atoms with Crippen molar-refractivity contribution in [2.75, 3.05) is 13.2 Å². The van der Waals surface area contributed by atoms with E-state index < -0.39 is 17.5 Å². The highest BCUT2D eigenvalue weighted by Crippen LogP contribution is 2.24. The molecule has 0 aromatic carbocycles. The van der Waals surface area contributed by atoms with E-state index in [0.29, 0.717) is 6.61 Å². The summed E-state index contributed by atoms with van der Waals surface area (Å²) in [7, 11) is 0. The van der Waals surface area contributed by atoms with Gasteiger partial charge in [0.2, 0.25) is 5.78 Å². The Morgan fingerprint density at radius 1 is 1.47 bits per heavy atom. The van der Waals surface area contributed by atoms with Gasteiger partial charge < -0.3 is 14.2 Å². The molecule has 86 valence electrons. The number of ether oxygens (including phenoxy) is 3. The topological polar surface area (TPSA) is 61.8 Å². The predicted molar refractivity (Wildman–Crippen MR) is 51.2 cm³/mol. The van der Waals surface area contributed by atoms with Gasteiger partial charge in [0.1, 0.15) is 0 Å². The lowest BCUT2D eigenvalue weighted by atomic mass is 10.2. The largest absolute Gasteiger partial charge is 0.460 e. The van der Waals surface area contributed by atoms with Crippen molar-refractivity contribution in [3.05, 3.63) is 0 Å². The van der Waals surface area contributed by atoms with Crippen LogP contribution in [0.2, 0.25) is 0 Å². The van der Waals surface area contributed by atoms with Crippen molar-refractivity contribution >= 4 is 11.8 Å². The zero-order valence-corrected chi connectivity index (χ0v) is 9.24. The maximum Gasteiger partial charge on any atom is 0.374 e. The molecule has 1 aliphatic heterocycles. The van der Waals surface area contributed by atoms with Gasteiger partial charge in [-0.1, -0.05) is 0 Å². The number of carbonyl (C=O) groups is 2. The van der Waals surface area contributed by atoms with Crippen molar-refractivity contribution in [3.8, 4) is 0 Å². The van der Waals surface area contributed by atoms with Crippen molar-refractivity contribution < 1.29 is 23.8 Å². The van der Waals surface area contributed by atoms with E-state index in [-0.39, 0.29) is 19.1 Å². The molecule has 0 saturated carbocycles. The van der Waals surface area contributed by atoms with E-state index >= 15 is 0 Å². The summed E-state index contributed by atoms with van der Waals surface area (Å²) in [6, 6.07) is 0. The van der Waals surface area contributed by atoms with E-state index in [1.807, 2.05) is 0 Å². The first-order chi connectivity index (χ1) is 6.94. The Hall–Kier alpha value is -0.940. The molecular formula is C10H16O5. The molecule has 0 bridgehead atoms. The van der Waals surface area contributed by atoms with E-state index in [9.17, 15) is 9.59 Å². The van der Waals surface area contributed by atoms with Gasteiger partial charge in [0.05, 0.1) is 19.3 Å². The molecule has 5 nitrogen and oxygen atoms in total. The molecule has 1 fully saturated rings. The number of hydrogen-bond donors (Lipinski definition) is 0. The molecule has 0 aliphatic carbocycles. The Labute approximate surface area is 88.7 Å². The fraction of sp³-hybridized carbons (Fsp3) is 0.800. The molecule has 0 amide bonds. The Morgan fingerprint density at radius 3 is 2.60 bits per heavy atom. The number of rotatable bonds is 4. The summed E-state index contributed by atoms with van der Waals surface area (Å²) < 4.78 is 15.2. The minimum absolute atomic E-state index is 0.0161. The molecule has 0 radical (unpaired) electrons. The lowest BCUT2D eigenvalue weighted by Crippen LogP contribution is -2.26. The highest BCUT2D eigenvalue weighted by atomic mass is 16.7. The fourth-order valence-corrected chi connectivity index (χ4v) is 1.37. The number of esters is 1. The smallest absolute Gasteiger partial charge is 0.374 e. The Balaban J connectivity index is 2.37. The molecule has 0 aromatic rings. The van der Waals surface area contributed by atoms with Crippen LogP contribution in [0.3, 0.4) is 0 Å². The number of Topliss-reactive ketones (excluding diaryl/α,β-unsaturated/α-hetero) is 1. The molecule has 0 N–H and O–H groups in total. The second-order valence-corrected chi connectivity index (χ2v) is 3.80. The summed E-state index contributed by atoms with van der Waals surface area (Å²) in [5, 5.41) is 0. The van der Waals surface area contributed by atoms with Gasteiger partial charge in [0, 0.05) is 6.42 Å². The van der Waals surface area contributed by atoms with Gasteiger partial charge >= 0.3 is 5.97 Å². The normalized spacial score (nSPS) is 23.8. The van der Waals surface area contributed by atoms with Gasteiger partial charge in [0.15, 0.2) is 5.79 Å². The van der Waals surface area contributed by atoms with Crippen LogP contribution >= 0.6 is 0 Å². The van der Waals surface area contributed by atoms with Crippen LogP contribution in [-0.4, -0.2) is 36.9 Å².